The predicted octanol–water partition coefficient (Wildman–Crippen LogP) is 1.54. The van der Waals surface area contributed by atoms with Gasteiger partial charge in [-0.3, -0.25) is 4.99 Å². The SMILES string of the molecule is CCOCCNC(=NC)NCCC1CCN(C)CC1.I. The van der Waals surface area contributed by atoms with Crippen LogP contribution in [0.15, 0.2) is 4.99 Å². The summed E-state index contributed by atoms with van der Waals surface area (Å²) >= 11 is 0. The molecule has 0 aliphatic carbocycles. The third-order valence-electron chi connectivity index (χ3n) is 3.65. The number of likely N-dealkylation sites (tertiary alicyclic amines) is 1. The predicted molar refractivity (Wildman–Crippen MR) is 96.1 cm³/mol. The molecular formula is C14H31IN4O. The molecule has 1 aliphatic heterocycles. The van der Waals surface area contributed by atoms with Gasteiger partial charge in [0, 0.05) is 26.7 Å². The number of nitrogens with zero attached hydrogens (tertiary/aromatic N) is 2. The van der Waals surface area contributed by atoms with E-state index in [1.165, 1.54) is 32.4 Å². The molecule has 0 radical (unpaired) electrons. The lowest BCUT2D eigenvalue weighted by Crippen LogP contribution is -2.40. The van der Waals surface area contributed by atoms with Gasteiger partial charge in [0.15, 0.2) is 5.96 Å². The Morgan fingerprint density at radius 2 is 1.90 bits per heavy atom. The normalized spacial score (nSPS) is 17.6. The number of halogens is 1. The van der Waals surface area contributed by atoms with Crippen LogP contribution in [-0.4, -0.2) is 64.3 Å². The standard InChI is InChI=1S/C14H30N4O.HI/c1-4-19-12-9-17-14(15-2)16-8-5-13-6-10-18(3)11-7-13;/h13H,4-12H2,1-3H3,(H2,15,16,17);1H. The fourth-order valence-corrected chi connectivity index (χ4v) is 2.35. The van der Waals surface area contributed by atoms with E-state index in [9.17, 15) is 0 Å². The molecule has 0 unspecified atom stereocenters. The Hall–Kier alpha value is -0.0800. The minimum absolute atomic E-state index is 0. The van der Waals surface area contributed by atoms with E-state index >= 15 is 0 Å². The molecule has 0 aromatic rings. The lowest BCUT2D eigenvalue weighted by atomic mass is 9.94. The van der Waals surface area contributed by atoms with E-state index in [4.69, 9.17) is 4.74 Å². The van der Waals surface area contributed by atoms with Crippen LogP contribution >= 0.6 is 24.0 Å². The van der Waals surface area contributed by atoms with E-state index < -0.39 is 0 Å². The van der Waals surface area contributed by atoms with Crippen molar-refractivity contribution in [3.63, 3.8) is 0 Å². The maximum absolute atomic E-state index is 5.29. The molecule has 6 heteroatoms. The van der Waals surface area contributed by atoms with Gasteiger partial charge >= 0.3 is 0 Å². The minimum Gasteiger partial charge on any atom is -0.380 e. The van der Waals surface area contributed by atoms with Crippen molar-refractivity contribution in [3.8, 4) is 0 Å². The fraction of sp³-hybridized carbons (Fsp3) is 0.929. The fourth-order valence-electron chi connectivity index (χ4n) is 2.35. The van der Waals surface area contributed by atoms with Crippen molar-refractivity contribution in [2.24, 2.45) is 10.9 Å². The number of aliphatic imine (C=N–C) groups is 1. The first kappa shape index (κ1) is 19.9. The van der Waals surface area contributed by atoms with Crippen LogP contribution in [0.5, 0.6) is 0 Å². The first-order valence-electron chi connectivity index (χ1n) is 7.47. The topological polar surface area (TPSA) is 48.9 Å². The van der Waals surface area contributed by atoms with Gasteiger partial charge in [-0.15, -0.1) is 24.0 Å². The van der Waals surface area contributed by atoms with E-state index in [-0.39, 0.29) is 24.0 Å². The van der Waals surface area contributed by atoms with Gasteiger partial charge in [0.25, 0.3) is 0 Å². The molecule has 5 nitrogen and oxygen atoms in total. The Bertz CT molecular complexity index is 256. The number of hydrogen-bond donors (Lipinski definition) is 2. The molecule has 0 saturated carbocycles. The minimum atomic E-state index is 0. The summed E-state index contributed by atoms with van der Waals surface area (Å²) in [5.41, 5.74) is 0. The molecule has 0 amide bonds. The maximum atomic E-state index is 5.29. The average Bonchev–Trinajstić information content (AvgIpc) is 2.43. The zero-order valence-electron chi connectivity index (χ0n) is 13.2. The number of piperidine rings is 1. The van der Waals surface area contributed by atoms with Crippen molar-refractivity contribution < 1.29 is 4.74 Å². The number of hydrogen-bond acceptors (Lipinski definition) is 3. The number of rotatable bonds is 7. The van der Waals surface area contributed by atoms with Gasteiger partial charge in [-0.1, -0.05) is 0 Å². The van der Waals surface area contributed by atoms with E-state index in [1.54, 1.807) is 0 Å². The van der Waals surface area contributed by atoms with Gasteiger partial charge in [0.2, 0.25) is 0 Å². The highest BCUT2D eigenvalue weighted by molar-refractivity contribution is 14.0. The zero-order valence-corrected chi connectivity index (χ0v) is 15.5. The van der Waals surface area contributed by atoms with Crippen LogP contribution in [0.4, 0.5) is 0 Å². The molecule has 0 atom stereocenters. The highest BCUT2D eigenvalue weighted by atomic mass is 127. The van der Waals surface area contributed by atoms with Gasteiger partial charge in [-0.05, 0) is 52.2 Å². The van der Waals surface area contributed by atoms with Crippen LogP contribution in [0.2, 0.25) is 0 Å². The van der Waals surface area contributed by atoms with Gasteiger partial charge in [-0.2, -0.15) is 0 Å². The molecule has 20 heavy (non-hydrogen) atoms. The monoisotopic (exact) mass is 398 g/mol. The third kappa shape index (κ3) is 8.97. The van der Waals surface area contributed by atoms with Crippen LogP contribution in [-0.2, 0) is 4.74 Å². The molecule has 1 saturated heterocycles. The van der Waals surface area contributed by atoms with E-state index in [0.29, 0.717) is 0 Å². The highest BCUT2D eigenvalue weighted by Gasteiger charge is 2.15. The Labute approximate surface area is 140 Å². The lowest BCUT2D eigenvalue weighted by Gasteiger charge is -2.29. The van der Waals surface area contributed by atoms with Crippen molar-refractivity contribution in [3.05, 3.63) is 0 Å². The van der Waals surface area contributed by atoms with E-state index in [1.807, 2.05) is 14.0 Å². The molecule has 0 bridgehead atoms. The highest BCUT2D eigenvalue weighted by Crippen LogP contribution is 2.18. The van der Waals surface area contributed by atoms with Crippen molar-refractivity contribution in [1.29, 1.82) is 0 Å². The summed E-state index contributed by atoms with van der Waals surface area (Å²) in [6, 6.07) is 0. The van der Waals surface area contributed by atoms with Crippen LogP contribution in [0.1, 0.15) is 26.2 Å². The third-order valence-corrected chi connectivity index (χ3v) is 3.65. The first-order valence-corrected chi connectivity index (χ1v) is 7.47. The first-order chi connectivity index (χ1) is 9.26. The molecule has 120 valence electrons. The molecule has 1 heterocycles. The largest absolute Gasteiger partial charge is 0.380 e. The number of ether oxygens (including phenoxy) is 1. The molecule has 0 aromatic heterocycles. The van der Waals surface area contributed by atoms with Crippen molar-refractivity contribution in [2.45, 2.75) is 26.2 Å². The Morgan fingerprint density at radius 3 is 2.50 bits per heavy atom. The van der Waals surface area contributed by atoms with Crippen molar-refractivity contribution in [2.75, 3.05) is 53.5 Å². The summed E-state index contributed by atoms with van der Waals surface area (Å²) in [4.78, 5) is 6.63. The second-order valence-corrected chi connectivity index (χ2v) is 5.16. The average molecular weight is 398 g/mol. The number of guanidine groups is 1. The smallest absolute Gasteiger partial charge is 0.191 e. The quantitative estimate of drug-likeness (QED) is 0.296. The Balaban J connectivity index is 0.00000361. The van der Waals surface area contributed by atoms with E-state index in [2.05, 4.69) is 27.6 Å². The van der Waals surface area contributed by atoms with Gasteiger partial charge in [0.05, 0.1) is 6.61 Å². The van der Waals surface area contributed by atoms with Crippen molar-refractivity contribution >= 4 is 29.9 Å². The molecule has 0 spiro atoms. The molecule has 2 N–H and O–H groups in total. The zero-order chi connectivity index (χ0) is 13.9. The molecule has 1 fully saturated rings. The Morgan fingerprint density at radius 1 is 1.25 bits per heavy atom. The van der Waals surface area contributed by atoms with Crippen LogP contribution in [0.3, 0.4) is 0 Å². The summed E-state index contributed by atoms with van der Waals surface area (Å²) in [6.07, 6.45) is 3.89. The molecular weight excluding hydrogens is 367 g/mol. The van der Waals surface area contributed by atoms with Crippen molar-refractivity contribution in [1.82, 2.24) is 15.5 Å². The van der Waals surface area contributed by atoms with Crippen LogP contribution < -0.4 is 10.6 Å². The molecule has 1 rings (SSSR count). The second kappa shape index (κ2) is 12.6. The summed E-state index contributed by atoms with van der Waals surface area (Å²) in [5.74, 6) is 1.75. The van der Waals surface area contributed by atoms with E-state index in [0.717, 1.165) is 38.2 Å². The maximum Gasteiger partial charge on any atom is 0.191 e. The summed E-state index contributed by atoms with van der Waals surface area (Å²) in [5, 5.41) is 6.63. The Kier molecular flexibility index (Phi) is 12.6. The number of nitrogens with one attached hydrogen (secondary N) is 2. The second-order valence-electron chi connectivity index (χ2n) is 5.16. The summed E-state index contributed by atoms with van der Waals surface area (Å²) in [6.45, 7) is 7.80. The molecule has 1 aliphatic rings. The van der Waals surface area contributed by atoms with Crippen LogP contribution in [0, 0.1) is 5.92 Å². The lowest BCUT2D eigenvalue weighted by molar-refractivity contribution is 0.152. The van der Waals surface area contributed by atoms with Gasteiger partial charge in [-0.25, -0.2) is 0 Å². The van der Waals surface area contributed by atoms with Gasteiger partial charge in [0.1, 0.15) is 0 Å². The summed E-state index contributed by atoms with van der Waals surface area (Å²) in [7, 11) is 4.02. The molecule has 0 aromatic carbocycles. The van der Waals surface area contributed by atoms with Gasteiger partial charge < -0.3 is 20.3 Å². The summed E-state index contributed by atoms with van der Waals surface area (Å²) < 4.78 is 5.29. The van der Waals surface area contributed by atoms with Crippen LogP contribution in [0.25, 0.3) is 0 Å².